The van der Waals surface area contributed by atoms with Gasteiger partial charge in [0.2, 0.25) is 5.91 Å². The van der Waals surface area contributed by atoms with E-state index < -0.39 is 5.63 Å². The molecule has 3 rings (SSSR count). The van der Waals surface area contributed by atoms with Gasteiger partial charge in [-0.1, -0.05) is 13.8 Å². The number of carbonyl (C=O) groups is 1. The Bertz CT molecular complexity index is 1040. The van der Waals surface area contributed by atoms with Crippen LogP contribution in [0.15, 0.2) is 26.0 Å². The van der Waals surface area contributed by atoms with Crippen LogP contribution in [0.5, 0.6) is 0 Å². The van der Waals surface area contributed by atoms with Crippen LogP contribution in [-0.2, 0) is 11.2 Å². The maximum absolute atomic E-state index is 12.5. The molecule has 0 radical (unpaired) electrons. The Kier molecular flexibility index (Phi) is 4.90. The molecule has 0 fully saturated rings. The fourth-order valence-corrected chi connectivity index (χ4v) is 3.25. The minimum atomic E-state index is -0.459. The molecule has 26 heavy (non-hydrogen) atoms. The lowest BCUT2D eigenvalue weighted by Gasteiger charge is -2.11. The van der Waals surface area contributed by atoms with Crippen molar-refractivity contribution in [3.63, 3.8) is 0 Å². The van der Waals surface area contributed by atoms with E-state index in [-0.39, 0.29) is 12.3 Å². The average molecular weight is 355 g/mol. The fraction of sp³-hybridized carbons (Fsp3) is 0.429. The van der Waals surface area contributed by atoms with E-state index in [2.05, 4.69) is 19.2 Å². The second-order valence-corrected chi connectivity index (χ2v) is 7.38. The highest BCUT2D eigenvalue weighted by Crippen LogP contribution is 2.32. The van der Waals surface area contributed by atoms with Gasteiger partial charge in [0.05, 0.1) is 18.2 Å². The Balaban J connectivity index is 2.01. The number of hydrogen-bond donors (Lipinski definition) is 1. The van der Waals surface area contributed by atoms with Crippen molar-refractivity contribution in [2.75, 3.05) is 6.54 Å². The Morgan fingerprint density at radius 2 is 1.85 bits per heavy atom. The molecule has 0 aliphatic carbocycles. The van der Waals surface area contributed by atoms with Crippen LogP contribution in [0.3, 0.4) is 0 Å². The van der Waals surface area contributed by atoms with Crippen LogP contribution < -0.4 is 10.9 Å². The van der Waals surface area contributed by atoms with Gasteiger partial charge in [-0.25, -0.2) is 4.79 Å². The first-order valence-electron chi connectivity index (χ1n) is 9.00. The molecule has 5 heteroatoms. The SMILES string of the molecule is Cc1coc2c(C)c3oc(=O)c(CC(=O)NCCC(C)C)c(C)c3cc12. The number of aryl methyl sites for hydroxylation is 3. The first-order valence-corrected chi connectivity index (χ1v) is 9.00. The van der Waals surface area contributed by atoms with Crippen LogP contribution in [0.4, 0.5) is 0 Å². The molecule has 0 bridgehead atoms. The summed E-state index contributed by atoms with van der Waals surface area (Å²) >= 11 is 0. The van der Waals surface area contributed by atoms with Crippen molar-refractivity contribution in [1.29, 1.82) is 0 Å². The number of amides is 1. The number of fused-ring (bicyclic) bond motifs is 2. The molecule has 3 aromatic rings. The van der Waals surface area contributed by atoms with Gasteiger partial charge >= 0.3 is 5.63 Å². The third-order valence-corrected chi connectivity index (χ3v) is 4.92. The lowest BCUT2D eigenvalue weighted by Crippen LogP contribution is -2.29. The third kappa shape index (κ3) is 3.26. The van der Waals surface area contributed by atoms with Gasteiger partial charge < -0.3 is 14.2 Å². The van der Waals surface area contributed by atoms with E-state index in [4.69, 9.17) is 8.83 Å². The standard InChI is InChI=1S/C21H25NO4/c1-11(2)6-7-22-18(23)9-17-13(4)16-8-15-12(3)10-25-19(15)14(5)20(16)26-21(17)24/h8,10-11H,6-7,9H2,1-5H3,(H,22,23). The molecule has 0 aliphatic rings. The summed E-state index contributed by atoms with van der Waals surface area (Å²) in [5.74, 6) is 0.365. The van der Waals surface area contributed by atoms with Crippen LogP contribution in [0.2, 0.25) is 0 Å². The largest absolute Gasteiger partial charge is 0.464 e. The highest BCUT2D eigenvalue weighted by Gasteiger charge is 2.19. The molecule has 2 aromatic heterocycles. The smallest absolute Gasteiger partial charge is 0.340 e. The maximum atomic E-state index is 12.5. The monoisotopic (exact) mass is 355 g/mol. The van der Waals surface area contributed by atoms with Gasteiger partial charge in [0.25, 0.3) is 0 Å². The molecular weight excluding hydrogens is 330 g/mol. The summed E-state index contributed by atoms with van der Waals surface area (Å²) < 4.78 is 11.2. The normalized spacial score (nSPS) is 11.6. The Morgan fingerprint density at radius 1 is 1.12 bits per heavy atom. The summed E-state index contributed by atoms with van der Waals surface area (Å²) in [6.45, 7) is 10.6. The van der Waals surface area contributed by atoms with Crippen molar-refractivity contribution in [1.82, 2.24) is 5.32 Å². The molecule has 0 unspecified atom stereocenters. The molecular formula is C21H25NO4. The number of nitrogens with one attached hydrogen (secondary N) is 1. The third-order valence-electron chi connectivity index (χ3n) is 4.92. The molecule has 0 saturated heterocycles. The molecule has 5 nitrogen and oxygen atoms in total. The molecule has 0 saturated carbocycles. The van der Waals surface area contributed by atoms with Crippen molar-refractivity contribution >= 4 is 27.8 Å². The van der Waals surface area contributed by atoms with Gasteiger partial charge in [0.15, 0.2) is 0 Å². The first kappa shape index (κ1) is 18.2. The second-order valence-electron chi connectivity index (χ2n) is 7.38. The van der Waals surface area contributed by atoms with E-state index in [9.17, 15) is 9.59 Å². The summed E-state index contributed by atoms with van der Waals surface area (Å²) in [6.07, 6.45) is 2.64. The molecule has 1 aromatic carbocycles. The van der Waals surface area contributed by atoms with Gasteiger partial charge in [-0.3, -0.25) is 4.79 Å². The van der Waals surface area contributed by atoms with Gasteiger partial charge in [-0.15, -0.1) is 0 Å². The minimum Gasteiger partial charge on any atom is -0.464 e. The summed E-state index contributed by atoms with van der Waals surface area (Å²) in [7, 11) is 0. The number of hydrogen-bond acceptors (Lipinski definition) is 4. The van der Waals surface area contributed by atoms with Crippen LogP contribution in [0.25, 0.3) is 21.9 Å². The number of rotatable bonds is 5. The van der Waals surface area contributed by atoms with Crippen LogP contribution >= 0.6 is 0 Å². The van der Waals surface area contributed by atoms with E-state index >= 15 is 0 Å². The Hall–Kier alpha value is -2.56. The van der Waals surface area contributed by atoms with E-state index in [1.54, 1.807) is 6.26 Å². The van der Waals surface area contributed by atoms with Gasteiger partial charge in [-0.05, 0) is 50.3 Å². The molecule has 0 aliphatic heterocycles. The van der Waals surface area contributed by atoms with Crippen LogP contribution in [-0.4, -0.2) is 12.5 Å². The zero-order chi connectivity index (χ0) is 19.0. The van der Waals surface area contributed by atoms with Crippen molar-refractivity contribution in [2.24, 2.45) is 5.92 Å². The van der Waals surface area contributed by atoms with Crippen molar-refractivity contribution in [2.45, 2.75) is 47.5 Å². The van der Waals surface area contributed by atoms with E-state index in [0.717, 1.165) is 39.5 Å². The second kappa shape index (κ2) is 6.98. The first-order chi connectivity index (χ1) is 12.3. The fourth-order valence-electron chi connectivity index (χ4n) is 3.25. The van der Waals surface area contributed by atoms with E-state index in [1.807, 2.05) is 26.8 Å². The zero-order valence-electron chi connectivity index (χ0n) is 16.0. The summed E-state index contributed by atoms with van der Waals surface area (Å²) in [5, 5.41) is 4.73. The van der Waals surface area contributed by atoms with Crippen molar-refractivity contribution < 1.29 is 13.6 Å². The molecule has 138 valence electrons. The van der Waals surface area contributed by atoms with Gasteiger partial charge in [0.1, 0.15) is 11.2 Å². The number of furan rings is 1. The van der Waals surface area contributed by atoms with Gasteiger partial charge in [-0.2, -0.15) is 0 Å². The zero-order valence-corrected chi connectivity index (χ0v) is 16.0. The maximum Gasteiger partial charge on any atom is 0.340 e. The molecule has 0 atom stereocenters. The summed E-state index contributed by atoms with van der Waals surface area (Å²) in [4.78, 5) is 24.7. The quantitative estimate of drug-likeness (QED) is 0.697. The molecule has 1 N–H and O–H groups in total. The van der Waals surface area contributed by atoms with Crippen molar-refractivity contribution in [3.05, 3.63) is 45.0 Å². The lowest BCUT2D eigenvalue weighted by molar-refractivity contribution is -0.120. The topological polar surface area (TPSA) is 72.5 Å². The van der Waals surface area contributed by atoms with Crippen LogP contribution in [0.1, 0.15) is 42.5 Å². The molecule has 2 heterocycles. The number of carbonyl (C=O) groups excluding carboxylic acids is 1. The predicted molar refractivity (Wildman–Crippen MR) is 103 cm³/mol. The van der Waals surface area contributed by atoms with Crippen molar-refractivity contribution in [3.8, 4) is 0 Å². The Labute approximate surface area is 152 Å². The van der Waals surface area contributed by atoms with Gasteiger partial charge in [0, 0.05) is 22.9 Å². The molecule has 1 amide bonds. The lowest BCUT2D eigenvalue weighted by atomic mass is 9.99. The highest BCUT2D eigenvalue weighted by molar-refractivity contribution is 6.00. The predicted octanol–water partition coefficient (Wildman–Crippen LogP) is 4.17. The summed E-state index contributed by atoms with van der Waals surface area (Å²) in [5.41, 5.74) is 3.84. The average Bonchev–Trinajstić information content (AvgIpc) is 2.94. The highest BCUT2D eigenvalue weighted by atomic mass is 16.4. The number of benzene rings is 1. The summed E-state index contributed by atoms with van der Waals surface area (Å²) in [6, 6.07) is 1.98. The van der Waals surface area contributed by atoms with E-state index in [0.29, 0.717) is 23.6 Å². The molecule has 0 spiro atoms. The minimum absolute atomic E-state index is 0.0314. The van der Waals surface area contributed by atoms with E-state index in [1.165, 1.54) is 0 Å². The Morgan fingerprint density at radius 3 is 2.54 bits per heavy atom. The van der Waals surface area contributed by atoms with Crippen LogP contribution in [0, 0.1) is 26.7 Å².